The molecule has 0 amide bonds. The van der Waals surface area contributed by atoms with Crippen LogP contribution in [0.25, 0.3) is 10.2 Å². The summed E-state index contributed by atoms with van der Waals surface area (Å²) in [5, 5.41) is 0. The van der Waals surface area contributed by atoms with Gasteiger partial charge in [0.15, 0.2) is 4.34 Å². The number of hydrogen-bond donors (Lipinski definition) is 0. The lowest BCUT2D eigenvalue weighted by Crippen LogP contribution is -2.14. The summed E-state index contributed by atoms with van der Waals surface area (Å²) in [5.74, 6) is 6.25. The highest BCUT2D eigenvalue weighted by molar-refractivity contribution is 8.01. The summed E-state index contributed by atoms with van der Waals surface area (Å²) in [6.45, 7) is 9.14. The number of hydrogen-bond acceptors (Lipinski definition) is 8. The predicted molar refractivity (Wildman–Crippen MR) is 150 cm³/mol. The van der Waals surface area contributed by atoms with Crippen LogP contribution >= 0.6 is 23.1 Å². The molecule has 6 nitrogen and oxygen atoms in total. The minimum Gasteiger partial charge on any atom is -0.461 e. The van der Waals surface area contributed by atoms with Crippen molar-refractivity contribution in [1.82, 2.24) is 4.98 Å². The SMILES string of the molecule is C=C(C)C(=O)OCCSc1nc2cc(OC(=C)C(=O)Oc3ccc(C#Cc4ccccc4)cc3)ccc2s1. The Kier molecular flexibility index (Phi) is 8.98. The van der Waals surface area contributed by atoms with Crippen molar-refractivity contribution in [2.24, 2.45) is 0 Å². The van der Waals surface area contributed by atoms with Crippen LogP contribution < -0.4 is 9.47 Å². The van der Waals surface area contributed by atoms with Gasteiger partial charge in [0.05, 0.1) is 10.2 Å². The van der Waals surface area contributed by atoms with Gasteiger partial charge >= 0.3 is 11.9 Å². The van der Waals surface area contributed by atoms with Crippen LogP contribution in [0.5, 0.6) is 11.5 Å². The lowest BCUT2D eigenvalue weighted by atomic mass is 10.2. The second-order valence-corrected chi connectivity index (χ2v) is 10.3. The molecule has 0 aliphatic rings. The van der Waals surface area contributed by atoms with E-state index in [9.17, 15) is 9.59 Å². The fourth-order valence-electron chi connectivity index (χ4n) is 3.02. The van der Waals surface area contributed by atoms with Crippen molar-refractivity contribution in [2.45, 2.75) is 11.3 Å². The zero-order chi connectivity index (χ0) is 26.9. The molecule has 0 spiro atoms. The van der Waals surface area contributed by atoms with E-state index in [0.717, 1.165) is 25.7 Å². The molecular weight excluding hydrogens is 518 g/mol. The van der Waals surface area contributed by atoms with Crippen LogP contribution in [0.1, 0.15) is 18.1 Å². The molecule has 3 aromatic carbocycles. The van der Waals surface area contributed by atoms with Gasteiger partial charge in [0.1, 0.15) is 18.1 Å². The van der Waals surface area contributed by atoms with Crippen molar-refractivity contribution in [2.75, 3.05) is 12.4 Å². The Balaban J connectivity index is 1.29. The Morgan fingerprint density at radius 3 is 2.29 bits per heavy atom. The molecule has 1 aromatic heterocycles. The molecule has 0 aliphatic heterocycles. The maximum atomic E-state index is 12.5. The summed E-state index contributed by atoms with van der Waals surface area (Å²) in [7, 11) is 0. The van der Waals surface area contributed by atoms with Gasteiger partial charge in [-0.2, -0.15) is 0 Å². The van der Waals surface area contributed by atoms with E-state index in [2.05, 4.69) is 30.0 Å². The highest BCUT2D eigenvalue weighted by atomic mass is 32.2. The van der Waals surface area contributed by atoms with Crippen molar-refractivity contribution in [3.8, 4) is 23.3 Å². The third kappa shape index (κ3) is 7.59. The van der Waals surface area contributed by atoms with Gasteiger partial charge in [-0.15, -0.1) is 11.3 Å². The van der Waals surface area contributed by atoms with Crippen LogP contribution in [0.15, 0.2) is 102 Å². The number of esters is 2. The molecule has 38 heavy (non-hydrogen) atoms. The molecule has 0 fully saturated rings. The number of carbonyl (C=O) groups is 2. The van der Waals surface area contributed by atoms with Crippen LogP contribution in [0.4, 0.5) is 0 Å². The molecule has 0 saturated heterocycles. The smallest absolute Gasteiger partial charge is 0.379 e. The number of aromatic nitrogens is 1. The number of fused-ring (bicyclic) bond motifs is 1. The zero-order valence-electron chi connectivity index (χ0n) is 20.6. The van der Waals surface area contributed by atoms with Crippen molar-refractivity contribution < 1.29 is 23.8 Å². The van der Waals surface area contributed by atoms with Gasteiger partial charge in [0.2, 0.25) is 5.76 Å². The van der Waals surface area contributed by atoms with Gasteiger partial charge in [-0.05, 0) is 62.0 Å². The van der Waals surface area contributed by atoms with E-state index in [1.165, 1.54) is 23.1 Å². The predicted octanol–water partition coefficient (Wildman–Crippen LogP) is 6.41. The van der Waals surface area contributed by atoms with Crippen molar-refractivity contribution >= 4 is 45.3 Å². The normalized spacial score (nSPS) is 10.2. The summed E-state index contributed by atoms with van der Waals surface area (Å²) in [6, 6.07) is 21.9. The van der Waals surface area contributed by atoms with Gasteiger partial charge < -0.3 is 14.2 Å². The van der Waals surface area contributed by atoms with E-state index in [1.807, 2.05) is 36.4 Å². The summed E-state index contributed by atoms with van der Waals surface area (Å²) in [4.78, 5) is 28.5. The molecule has 0 bridgehead atoms. The van der Waals surface area contributed by atoms with Crippen molar-refractivity contribution in [3.63, 3.8) is 0 Å². The second kappa shape index (κ2) is 12.8. The lowest BCUT2D eigenvalue weighted by molar-refractivity contribution is -0.138. The Morgan fingerprint density at radius 1 is 0.895 bits per heavy atom. The van der Waals surface area contributed by atoms with E-state index >= 15 is 0 Å². The third-order valence-corrected chi connectivity index (χ3v) is 7.03. The van der Waals surface area contributed by atoms with Gasteiger partial charge in [-0.1, -0.05) is 48.4 Å². The average Bonchev–Trinajstić information content (AvgIpc) is 3.33. The average molecular weight is 542 g/mol. The number of thioether (sulfide) groups is 1. The standard InChI is InChI=1S/C30H23NO5S2/c1-20(2)28(32)34-17-18-37-30-31-26-19-25(15-16-27(26)38-30)35-21(3)29(33)36-24-13-11-23(12-14-24)10-9-22-7-5-4-6-8-22/h4-8,11-16,19H,1,3,17-18H2,2H3. The first-order chi connectivity index (χ1) is 18.4. The van der Waals surface area contributed by atoms with E-state index < -0.39 is 11.9 Å². The van der Waals surface area contributed by atoms with Gasteiger partial charge in [0, 0.05) is 28.5 Å². The van der Waals surface area contributed by atoms with Crippen LogP contribution in [-0.2, 0) is 14.3 Å². The first-order valence-electron chi connectivity index (χ1n) is 11.5. The lowest BCUT2D eigenvalue weighted by Gasteiger charge is -2.08. The van der Waals surface area contributed by atoms with Crippen molar-refractivity contribution in [1.29, 1.82) is 0 Å². The van der Waals surface area contributed by atoms with Crippen LogP contribution in [0, 0.1) is 11.8 Å². The first-order valence-corrected chi connectivity index (χ1v) is 13.3. The fraction of sp³-hybridized carbons (Fsp3) is 0.100. The number of thiazole rings is 1. The maximum Gasteiger partial charge on any atom is 0.379 e. The summed E-state index contributed by atoms with van der Waals surface area (Å²) >= 11 is 3.00. The molecule has 0 saturated carbocycles. The van der Waals surface area contributed by atoms with Crippen LogP contribution in [0.3, 0.4) is 0 Å². The quantitative estimate of drug-likeness (QED) is 0.0461. The Labute approximate surface area is 229 Å². The molecule has 8 heteroatoms. The Bertz CT molecular complexity index is 1550. The van der Waals surface area contributed by atoms with Gasteiger partial charge in [0.25, 0.3) is 0 Å². The minimum absolute atomic E-state index is 0.151. The topological polar surface area (TPSA) is 74.7 Å². The first kappa shape index (κ1) is 26.7. The monoisotopic (exact) mass is 541 g/mol. The van der Waals surface area contributed by atoms with Crippen LogP contribution in [0.2, 0.25) is 0 Å². The molecule has 0 aliphatic carbocycles. The molecule has 4 aromatic rings. The van der Waals surface area contributed by atoms with E-state index in [4.69, 9.17) is 14.2 Å². The maximum absolute atomic E-state index is 12.5. The molecule has 0 unspecified atom stereocenters. The molecular formula is C30H23NO5S2. The number of benzene rings is 3. The Hall–Kier alpha value is -4.32. The second-order valence-electron chi connectivity index (χ2n) is 7.93. The molecule has 0 N–H and O–H groups in total. The largest absolute Gasteiger partial charge is 0.461 e. The highest BCUT2D eigenvalue weighted by Crippen LogP contribution is 2.32. The number of carbonyl (C=O) groups excluding carboxylic acids is 2. The van der Waals surface area contributed by atoms with Crippen LogP contribution in [-0.4, -0.2) is 29.3 Å². The summed E-state index contributed by atoms with van der Waals surface area (Å²) < 4.78 is 17.9. The van der Waals surface area contributed by atoms with Gasteiger partial charge in [-0.25, -0.2) is 14.6 Å². The fourth-order valence-corrected chi connectivity index (χ4v) is 4.95. The van der Waals surface area contributed by atoms with Crippen molar-refractivity contribution in [3.05, 3.63) is 108 Å². The van der Waals surface area contributed by atoms with Gasteiger partial charge in [-0.3, -0.25) is 0 Å². The third-order valence-electron chi connectivity index (χ3n) is 4.89. The minimum atomic E-state index is -0.702. The molecule has 0 radical (unpaired) electrons. The molecule has 0 atom stereocenters. The molecule has 4 rings (SSSR count). The molecule has 190 valence electrons. The number of ether oxygens (including phenoxy) is 3. The summed E-state index contributed by atoms with van der Waals surface area (Å²) in [5.41, 5.74) is 2.81. The highest BCUT2D eigenvalue weighted by Gasteiger charge is 2.14. The molecule has 1 heterocycles. The van der Waals surface area contributed by atoms with E-state index in [0.29, 0.717) is 22.8 Å². The van der Waals surface area contributed by atoms with E-state index in [-0.39, 0.29) is 12.4 Å². The number of rotatable bonds is 9. The zero-order valence-corrected chi connectivity index (χ0v) is 22.2. The number of nitrogens with zero attached hydrogens (tertiary/aromatic N) is 1. The Morgan fingerprint density at radius 2 is 1.58 bits per heavy atom. The van der Waals surface area contributed by atoms with E-state index in [1.54, 1.807) is 43.3 Å². The summed E-state index contributed by atoms with van der Waals surface area (Å²) in [6.07, 6.45) is 0.